The second-order valence-electron chi connectivity index (χ2n) is 5.22. The number of nitrogens with zero attached hydrogens (tertiary/aromatic N) is 1. The minimum atomic E-state index is -0.278. The summed E-state index contributed by atoms with van der Waals surface area (Å²) in [6.07, 6.45) is 0. The van der Waals surface area contributed by atoms with Gasteiger partial charge in [-0.05, 0) is 30.7 Å². The molecule has 23 heavy (non-hydrogen) atoms. The molecule has 0 amide bonds. The monoisotopic (exact) mass is 307 g/mol. The zero-order chi connectivity index (χ0) is 16.4. The van der Waals surface area contributed by atoms with E-state index in [1.165, 1.54) is 0 Å². The Labute approximate surface area is 134 Å². The fourth-order valence-electron chi connectivity index (χ4n) is 2.74. The van der Waals surface area contributed by atoms with Crippen molar-refractivity contribution in [1.82, 2.24) is 0 Å². The van der Waals surface area contributed by atoms with E-state index in [4.69, 9.17) is 20.9 Å². The van der Waals surface area contributed by atoms with Crippen molar-refractivity contribution in [3.63, 3.8) is 0 Å². The van der Waals surface area contributed by atoms with Crippen molar-refractivity contribution in [2.75, 3.05) is 12.3 Å². The van der Waals surface area contributed by atoms with Gasteiger partial charge in [0.05, 0.1) is 12.5 Å². The second-order valence-corrected chi connectivity index (χ2v) is 5.22. The van der Waals surface area contributed by atoms with Gasteiger partial charge < -0.3 is 20.9 Å². The molecular formula is C18H17N3O2. The number of nitriles is 1. The number of fused-ring (bicyclic) bond motifs is 1. The van der Waals surface area contributed by atoms with Gasteiger partial charge in [-0.15, -0.1) is 0 Å². The van der Waals surface area contributed by atoms with Crippen molar-refractivity contribution in [3.05, 3.63) is 65.0 Å². The van der Waals surface area contributed by atoms with Crippen molar-refractivity contribution < 1.29 is 9.47 Å². The fraction of sp³-hybridized carbons (Fsp3) is 0.167. The van der Waals surface area contributed by atoms with E-state index in [2.05, 4.69) is 6.07 Å². The molecule has 1 aliphatic rings. The summed E-state index contributed by atoms with van der Waals surface area (Å²) in [5.74, 6) is 1.21. The summed E-state index contributed by atoms with van der Waals surface area (Å²) in [6.45, 7) is 2.54. The van der Waals surface area contributed by atoms with E-state index in [-0.39, 0.29) is 11.8 Å². The van der Waals surface area contributed by atoms with E-state index in [1.807, 2.05) is 37.3 Å². The molecule has 1 aliphatic heterocycles. The topological polar surface area (TPSA) is 94.3 Å². The van der Waals surface area contributed by atoms with Crippen LogP contribution >= 0.6 is 0 Å². The van der Waals surface area contributed by atoms with Gasteiger partial charge in [0, 0.05) is 17.3 Å². The van der Waals surface area contributed by atoms with Crippen LogP contribution in [-0.4, -0.2) is 6.61 Å². The van der Waals surface area contributed by atoms with Crippen molar-refractivity contribution in [2.45, 2.75) is 12.8 Å². The first-order valence-electron chi connectivity index (χ1n) is 7.33. The van der Waals surface area contributed by atoms with Crippen LogP contribution in [0.2, 0.25) is 0 Å². The first kappa shape index (κ1) is 14.8. The summed E-state index contributed by atoms with van der Waals surface area (Å²) in [5, 5.41) is 9.49. The third-order valence-corrected chi connectivity index (χ3v) is 3.77. The third kappa shape index (κ3) is 2.67. The van der Waals surface area contributed by atoms with E-state index in [0.29, 0.717) is 23.6 Å². The number of ether oxygens (including phenoxy) is 2. The molecule has 116 valence electrons. The molecule has 0 aromatic heterocycles. The molecule has 5 nitrogen and oxygen atoms in total. The number of benzene rings is 2. The molecule has 0 radical (unpaired) electrons. The Balaban J connectivity index is 2.10. The fourth-order valence-corrected chi connectivity index (χ4v) is 2.74. The number of hydrogen-bond donors (Lipinski definition) is 2. The van der Waals surface area contributed by atoms with E-state index < -0.39 is 0 Å². The molecule has 0 bridgehead atoms. The summed E-state index contributed by atoms with van der Waals surface area (Å²) < 4.78 is 11.0. The van der Waals surface area contributed by atoms with Crippen LogP contribution in [0.15, 0.2) is 53.9 Å². The molecule has 5 heteroatoms. The first-order chi connectivity index (χ1) is 11.1. The van der Waals surface area contributed by atoms with Gasteiger partial charge >= 0.3 is 0 Å². The molecule has 1 heterocycles. The number of allylic oxidation sites excluding steroid dienone is 1. The van der Waals surface area contributed by atoms with Crippen LogP contribution in [-0.2, 0) is 0 Å². The smallest absolute Gasteiger partial charge is 0.205 e. The maximum atomic E-state index is 9.49. The third-order valence-electron chi connectivity index (χ3n) is 3.77. The van der Waals surface area contributed by atoms with E-state index in [0.717, 1.165) is 16.9 Å². The Morgan fingerprint density at radius 3 is 2.57 bits per heavy atom. The van der Waals surface area contributed by atoms with Crippen molar-refractivity contribution >= 4 is 5.69 Å². The van der Waals surface area contributed by atoms with Gasteiger partial charge in [-0.25, -0.2) is 0 Å². The number of rotatable bonds is 3. The van der Waals surface area contributed by atoms with Gasteiger partial charge in [-0.3, -0.25) is 0 Å². The van der Waals surface area contributed by atoms with Crippen LogP contribution in [0.25, 0.3) is 0 Å². The highest BCUT2D eigenvalue weighted by Crippen LogP contribution is 2.42. The Bertz CT molecular complexity index is 804. The molecule has 2 aromatic carbocycles. The highest BCUT2D eigenvalue weighted by Gasteiger charge is 2.30. The summed E-state index contributed by atoms with van der Waals surface area (Å²) in [7, 11) is 0. The molecular weight excluding hydrogens is 290 g/mol. The lowest BCUT2D eigenvalue weighted by atomic mass is 9.83. The average Bonchev–Trinajstić information content (AvgIpc) is 2.54. The predicted octanol–water partition coefficient (Wildman–Crippen LogP) is 2.89. The van der Waals surface area contributed by atoms with Crippen LogP contribution in [0.3, 0.4) is 0 Å². The summed E-state index contributed by atoms with van der Waals surface area (Å²) >= 11 is 0. The zero-order valence-corrected chi connectivity index (χ0v) is 12.7. The van der Waals surface area contributed by atoms with E-state index >= 15 is 0 Å². The van der Waals surface area contributed by atoms with E-state index in [1.54, 1.807) is 12.1 Å². The van der Waals surface area contributed by atoms with Gasteiger partial charge in [0.1, 0.15) is 23.1 Å². The number of nitrogens with two attached hydrogens (primary N) is 2. The molecule has 4 N–H and O–H groups in total. The molecule has 2 aromatic rings. The van der Waals surface area contributed by atoms with Gasteiger partial charge in [0.2, 0.25) is 5.88 Å². The van der Waals surface area contributed by atoms with Crippen LogP contribution < -0.4 is 20.9 Å². The highest BCUT2D eigenvalue weighted by atomic mass is 16.5. The number of nitrogen functional groups attached to an aromatic ring is 1. The highest BCUT2D eigenvalue weighted by molar-refractivity contribution is 5.59. The maximum Gasteiger partial charge on any atom is 0.205 e. The summed E-state index contributed by atoms with van der Waals surface area (Å²) in [6, 6.07) is 15.2. The summed E-state index contributed by atoms with van der Waals surface area (Å²) in [5.41, 5.74) is 14.5. The number of hydrogen-bond acceptors (Lipinski definition) is 5. The maximum absolute atomic E-state index is 9.49. The molecule has 0 saturated carbocycles. The normalized spacial score (nSPS) is 16.3. The predicted molar refractivity (Wildman–Crippen MR) is 87.8 cm³/mol. The largest absolute Gasteiger partial charge is 0.494 e. The minimum absolute atomic E-state index is 0.115. The van der Waals surface area contributed by atoms with Crippen LogP contribution in [0, 0.1) is 11.3 Å². The molecule has 0 fully saturated rings. The molecule has 0 spiro atoms. The van der Waals surface area contributed by atoms with Crippen molar-refractivity contribution in [3.8, 4) is 17.6 Å². The lowest BCUT2D eigenvalue weighted by Crippen LogP contribution is -2.21. The molecule has 1 atom stereocenters. The van der Waals surface area contributed by atoms with Crippen molar-refractivity contribution in [2.24, 2.45) is 5.73 Å². The Morgan fingerprint density at radius 2 is 1.91 bits per heavy atom. The van der Waals surface area contributed by atoms with Gasteiger partial charge in [-0.1, -0.05) is 18.2 Å². The second kappa shape index (κ2) is 5.93. The van der Waals surface area contributed by atoms with Gasteiger partial charge in [-0.2, -0.15) is 5.26 Å². The van der Waals surface area contributed by atoms with E-state index in [9.17, 15) is 5.26 Å². The quantitative estimate of drug-likeness (QED) is 0.850. The lowest BCUT2D eigenvalue weighted by molar-refractivity contribution is 0.340. The Morgan fingerprint density at radius 1 is 1.17 bits per heavy atom. The standard InChI is InChI=1S/C18H17N3O2/c1-2-22-13-6-3-11(4-7-13)17-14-8-5-12(20)9-16(14)23-18(21)15(17)10-19/h3-9,17H,2,20-21H2,1H3. The lowest BCUT2D eigenvalue weighted by Gasteiger charge is -2.26. The van der Waals surface area contributed by atoms with Crippen LogP contribution in [0.1, 0.15) is 24.0 Å². The first-order valence-corrected chi connectivity index (χ1v) is 7.33. The molecule has 0 aliphatic carbocycles. The summed E-state index contributed by atoms with van der Waals surface area (Å²) in [4.78, 5) is 0. The van der Waals surface area contributed by atoms with Crippen LogP contribution in [0.5, 0.6) is 11.5 Å². The Kier molecular flexibility index (Phi) is 3.82. The Hall–Kier alpha value is -3.13. The molecule has 0 saturated heterocycles. The van der Waals surface area contributed by atoms with Gasteiger partial charge in [0.25, 0.3) is 0 Å². The molecule has 3 rings (SSSR count). The molecule has 1 unspecified atom stereocenters. The number of anilines is 1. The van der Waals surface area contributed by atoms with Crippen molar-refractivity contribution in [1.29, 1.82) is 5.26 Å². The minimum Gasteiger partial charge on any atom is -0.494 e. The zero-order valence-electron chi connectivity index (χ0n) is 12.7. The SMILES string of the molecule is CCOc1ccc(C2C(C#N)=C(N)Oc3cc(N)ccc32)cc1. The average molecular weight is 307 g/mol. The van der Waals surface area contributed by atoms with Crippen LogP contribution in [0.4, 0.5) is 5.69 Å². The van der Waals surface area contributed by atoms with Gasteiger partial charge in [0.15, 0.2) is 0 Å².